The zero-order valence-corrected chi connectivity index (χ0v) is 12.9. The minimum Gasteiger partial charge on any atom is -0.421 e. The maximum Gasteiger partial charge on any atom is 0.328 e. The van der Waals surface area contributed by atoms with Gasteiger partial charge in [0.25, 0.3) is 0 Å². The van der Waals surface area contributed by atoms with Crippen molar-refractivity contribution in [2.75, 3.05) is 0 Å². The minimum atomic E-state index is -0.848. The van der Waals surface area contributed by atoms with Gasteiger partial charge in [-0.3, -0.25) is 4.79 Å². The maximum absolute atomic E-state index is 14.1. The summed E-state index contributed by atoms with van der Waals surface area (Å²) >= 11 is 0. The van der Waals surface area contributed by atoms with Crippen molar-refractivity contribution in [3.8, 4) is 5.75 Å². The van der Waals surface area contributed by atoms with Crippen LogP contribution in [0.3, 0.4) is 0 Å². The normalized spacial score (nSPS) is 13.9. The molecule has 0 aliphatic carbocycles. The minimum absolute atomic E-state index is 0.0170. The van der Waals surface area contributed by atoms with Crippen molar-refractivity contribution < 1.29 is 18.7 Å². The molecule has 1 aromatic carbocycles. The molecule has 4 nitrogen and oxygen atoms in total. The van der Waals surface area contributed by atoms with E-state index in [0.29, 0.717) is 18.3 Å². The average Bonchev–Trinajstić information content (AvgIpc) is 2.46. The molecular weight excluding hydrogens is 273 g/mol. The molecule has 1 rings (SSSR count). The molecular formula is C16H22FNO3. The second kappa shape index (κ2) is 7.31. The number of benzene rings is 1. The molecule has 0 bridgehead atoms. The molecule has 116 valence electrons. The SMILES string of the molecule is CC[C@H](C)[C@H](N)C(=O)Oc1c(F)cc(C(C)C)cc1C=O. The molecule has 0 aliphatic heterocycles. The number of nitrogens with two attached hydrogens (primary N) is 1. The number of halogens is 1. The van der Waals surface area contributed by atoms with Gasteiger partial charge in [-0.1, -0.05) is 34.1 Å². The van der Waals surface area contributed by atoms with E-state index in [0.717, 1.165) is 0 Å². The molecule has 0 amide bonds. The number of aldehydes is 1. The highest BCUT2D eigenvalue weighted by Crippen LogP contribution is 2.27. The lowest BCUT2D eigenvalue weighted by molar-refractivity contribution is -0.137. The van der Waals surface area contributed by atoms with Crippen LogP contribution >= 0.6 is 0 Å². The quantitative estimate of drug-likeness (QED) is 0.497. The van der Waals surface area contributed by atoms with Gasteiger partial charge in [-0.15, -0.1) is 0 Å². The Kier molecular flexibility index (Phi) is 6.03. The molecule has 0 spiro atoms. The van der Waals surface area contributed by atoms with E-state index in [1.54, 1.807) is 0 Å². The number of carbonyl (C=O) groups is 2. The Morgan fingerprint density at radius 2 is 2.00 bits per heavy atom. The van der Waals surface area contributed by atoms with Crippen molar-refractivity contribution in [1.82, 2.24) is 0 Å². The van der Waals surface area contributed by atoms with Crippen molar-refractivity contribution >= 4 is 12.3 Å². The Balaban J connectivity index is 3.08. The van der Waals surface area contributed by atoms with Gasteiger partial charge >= 0.3 is 5.97 Å². The zero-order valence-electron chi connectivity index (χ0n) is 12.9. The highest BCUT2D eigenvalue weighted by molar-refractivity contribution is 5.84. The van der Waals surface area contributed by atoms with Gasteiger partial charge < -0.3 is 10.5 Å². The molecule has 0 aromatic heterocycles. The molecule has 0 heterocycles. The molecule has 0 radical (unpaired) electrons. The number of rotatable bonds is 6. The van der Waals surface area contributed by atoms with Crippen molar-refractivity contribution in [3.63, 3.8) is 0 Å². The van der Waals surface area contributed by atoms with E-state index in [2.05, 4.69) is 0 Å². The number of carbonyl (C=O) groups excluding carboxylic acids is 2. The van der Waals surface area contributed by atoms with Gasteiger partial charge in [0.2, 0.25) is 0 Å². The van der Waals surface area contributed by atoms with Crippen molar-refractivity contribution in [1.29, 1.82) is 0 Å². The van der Waals surface area contributed by atoms with E-state index < -0.39 is 17.8 Å². The smallest absolute Gasteiger partial charge is 0.328 e. The third-order valence-corrected chi connectivity index (χ3v) is 3.62. The van der Waals surface area contributed by atoms with E-state index >= 15 is 0 Å². The monoisotopic (exact) mass is 295 g/mol. The summed E-state index contributed by atoms with van der Waals surface area (Å²) in [4.78, 5) is 23.0. The molecule has 0 fully saturated rings. The largest absolute Gasteiger partial charge is 0.421 e. The molecule has 0 saturated heterocycles. The molecule has 2 N–H and O–H groups in total. The number of hydrogen-bond donors (Lipinski definition) is 1. The first-order chi connectivity index (χ1) is 9.81. The van der Waals surface area contributed by atoms with Crippen LogP contribution in [0, 0.1) is 11.7 Å². The summed E-state index contributed by atoms with van der Waals surface area (Å²) in [6.07, 6.45) is 1.18. The van der Waals surface area contributed by atoms with E-state index in [1.807, 2.05) is 27.7 Å². The van der Waals surface area contributed by atoms with Crippen LogP contribution in [-0.4, -0.2) is 18.3 Å². The zero-order chi connectivity index (χ0) is 16.2. The summed E-state index contributed by atoms with van der Waals surface area (Å²) in [5.41, 5.74) is 6.44. The summed E-state index contributed by atoms with van der Waals surface area (Å²) in [6, 6.07) is 1.95. The van der Waals surface area contributed by atoms with Crippen molar-refractivity contribution in [2.45, 2.75) is 46.1 Å². The van der Waals surface area contributed by atoms with E-state index in [9.17, 15) is 14.0 Å². The Labute approximate surface area is 124 Å². The molecule has 21 heavy (non-hydrogen) atoms. The number of esters is 1. The van der Waals surface area contributed by atoms with Crippen LogP contribution in [0.5, 0.6) is 5.75 Å². The van der Waals surface area contributed by atoms with Crippen molar-refractivity contribution in [3.05, 3.63) is 29.1 Å². The van der Waals surface area contributed by atoms with Gasteiger partial charge in [-0.25, -0.2) is 9.18 Å². The third-order valence-electron chi connectivity index (χ3n) is 3.62. The second-order valence-electron chi connectivity index (χ2n) is 5.53. The maximum atomic E-state index is 14.1. The van der Waals surface area contributed by atoms with Gasteiger partial charge in [0.15, 0.2) is 17.9 Å². The first-order valence-electron chi connectivity index (χ1n) is 7.07. The summed E-state index contributed by atoms with van der Waals surface area (Å²) in [5.74, 6) is -1.84. The van der Waals surface area contributed by atoms with Gasteiger partial charge in [0.05, 0.1) is 5.56 Å². The molecule has 2 atom stereocenters. The fraction of sp³-hybridized carbons (Fsp3) is 0.500. The van der Waals surface area contributed by atoms with Crippen LogP contribution in [0.4, 0.5) is 4.39 Å². The van der Waals surface area contributed by atoms with E-state index in [1.165, 1.54) is 12.1 Å². The number of ether oxygens (including phenoxy) is 1. The Hall–Kier alpha value is -1.75. The fourth-order valence-corrected chi connectivity index (χ4v) is 1.82. The van der Waals surface area contributed by atoms with Gasteiger partial charge in [-0.05, 0) is 29.5 Å². The van der Waals surface area contributed by atoms with Crippen LogP contribution < -0.4 is 10.5 Å². The summed E-state index contributed by atoms with van der Waals surface area (Å²) in [5, 5.41) is 0. The Morgan fingerprint density at radius 1 is 1.38 bits per heavy atom. The lowest BCUT2D eigenvalue weighted by Crippen LogP contribution is -2.39. The van der Waals surface area contributed by atoms with Crippen LogP contribution in [0.25, 0.3) is 0 Å². The Bertz CT molecular complexity index is 528. The summed E-state index contributed by atoms with van der Waals surface area (Å²) in [6.45, 7) is 7.47. The average molecular weight is 295 g/mol. The molecule has 0 aliphatic rings. The van der Waals surface area contributed by atoms with Gasteiger partial charge in [0, 0.05) is 0 Å². The Morgan fingerprint density at radius 3 is 2.48 bits per heavy atom. The highest BCUT2D eigenvalue weighted by Gasteiger charge is 2.24. The lowest BCUT2D eigenvalue weighted by Gasteiger charge is -2.18. The molecule has 1 aromatic rings. The summed E-state index contributed by atoms with van der Waals surface area (Å²) in [7, 11) is 0. The summed E-state index contributed by atoms with van der Waals surface area (Å²) < 4.78 is 19.1. The first kappa shape index (κ1) is 17.3. The standard InChI is InChI=1S/C16H22FNO3/c1-5-10(4)14(18)16(20)21-15-12(8-19)6-11(9(2)3)7-13(15)17/h6-10,14H,5,18H2,1-4H3/t10-,14-/m0/s1. The predicted octanol–water partition coefficient (Wildman–Crippen LogP) is 3.04. The molecule has 0 unspecified atom stereocenters. The molecule has 0 saturated carbocycles. The van der Waals surface area contributed by atoms with Crippen LogP contribution in [-0.2, 0) is 4.79 Å². The van der Waals surface area contributed by atoms with Crippen LogP contribution in [0.2, 0.25) is 0 Å². The van der Waals surface area contributed by atoms with Gasteiger partial charge in [0.1, 0.15) is 6.04 Å². The third kappa shape index (κ3) is 4.11. The second-order valence-corrected chi connectivity index (χ2v) is 5.53. The van der Waals surface area contributed by atoms with Gasteiger partial charge in [-0.2, -0.15) is 0 Å². The fourth-order valence-electron chi connectivity index (χ4n) is 1.82. The van der Waals surface area contributed by atoms with Crippen molar-refractivity contribution in [2.24, 2.45) is 11.7 Å². The first-order valence-corrected chi connectivity index (χ1v) is 7.07. The predicted molar refractivity (Wildman–Crippen MR) is 78.9 cm³/mol. The van der Waals surface area contributed by atoms with E-state index in [-0.39, 0.29) is 23.1 Å². The number of hydrogen-bond acceptors (Lipinski definition) is 4. The van der Waals surface area contributed by atoms with Crippen LogP contribution in [0.1, 0.15) is 56.0 Å². The lowest BCUT2D eigenvalue weighted by atomic mass is 9.99. The highest BCUT2D eigenvalue weighted by atomic mass is 19.1. The molecule has 5 heteroatoms. The topological polar surface area (TPSA) is 69.4 Å². The van der Waals surface area contributed by atoms with E-state index in [4.69, 9.17) is 10.5 Å². The van der Waals surface area contributed by atoms with Crippen LogP contribution in [0.15, 0.2) is 12.1 Å².